The van der Waals surface area contributed by atoms with Crippen molar-refractivity contribution in [2.24, 2.45) is 5.92 Å². The number of nitrogens with one attached hydrogen (secondary N) is 1. The van der Waals surface area contributed by atoms with Gasteiger partial charge in [0.1, 0.15) is 17.8 Å². The monoisotopic (exact) mass is 420 g/mol. The topological polar surface area (TPSA) is 99.3 Å². The van der Waals surface area contributed by atoms with Gasteiger partial charge in [-0.1, -0.05) is 0 Å². The molecule has 0 spiro atoms. The van der Waals surface area contributed by atoms with E-state index in [1.807, 2.05) is 28.0 Å². The lowest BCUT2D eigenvalue weighted by atomic mass is 9.96. The zero-order valence-corrected chi connectivity index (χ0v) is 16.4. The first-order chi connectivity index (χ1) is 15.1. The van der Waals surface area contributed by atoms with Crippen molar-refractivity contribution in [2.75, 3.05) is 18.0 Å². The summed E-state index contributed by atoms with van der Waals surface area (Å²) in [4.78, 5) is 17.3. The fraction of sp³-hybridized carbons (Fsp3) is 0.286. The van der Waals surface area contributed by atoms with Crippen LogP contribution in [0.4, 0.5) is 14.6 Å². The summed E-state index contributed by atoms with van der Waals surface area (Å²) in [5.74, 6) is -1.56. The van der Waals surface area contributed by atoms with E-state index in [2.05, 4.69) is 31.1 Å². The van der Waals surface area contributed by atoms with Crippen LogP contribution in [0.5, 0.6) is 0 Å². The van der Waals surface area contributed by atoms with Crippen LogP contribution >= 0.6 is 0 Å². The van der Waals surface area contributed by atoms with Gasteiger partial charge in [-0.25, -0.2) is 14.4 Å². The molecule has 1 N–H and O–H groups in total. The third-order valence-electron chi connectivity index (χ3n) is 5.75. The van der Waals surface area contributed by atoms with E-state index in [-0.39, 0.29) is 18.4 Å². The van der Waals surface area contributed by atoms with Crippen LogP contribution in [0, 0.1) is 29.0 Å². The number of anilines is 1. The van der Waals surface area contributed by atoms with Gasteiger partial charge in [0.15, 0.2) is 5.82 Å². The molecule has 5 heterocycles. The molecule has 1 aliphatic rings. The predicted octanol–water partition coefficient (Wildman–Crippen LogP) is 3.48. The molecule has 0 amide bonds. The smallest absolute Gasteiger partial charge is 0.250 e. The molecule has 5 rings (SSSR count). The molecule has 0 aliphatic carbocycles. The minimum atomic E-state index is -1.10. The molecule has 4 aromatic heterocycles. The first-order valence-electron chi connectivity index (χ1n) is 9.90. The summed E-state index contributed by atoms with van der Waals surface area (Å²) in [6, 6.07) is 6.57. The molecule has 156 valence electrons. The molecule has 4 aromatic rings. The van der Waals surface area contributed by atoms with Crippen molar-refractivity contribution >= 4 is 16.9 Å². The maximum absolute atomic E-state index is 13.5. The number of hydrogen-bond donors (Lipinski definition) is 1. The summed E-state index contributed by atoms with van der Waals surface area (Å²) < 4.78 is 28.6. The van der Waals surface area contributed by atoms with Gasteiger partial charge >= 0.3 is 0 Å². The number of aromatic nitrogens is 6. The number of H-pyrrole nitrogens is 1. The summed E-state index contributed by atoms with van der Waals surface area (Å²) in [6.45, 7) is 1.23. The van der Waals surface area contributed by atoms with Crippen molar-refractivity contribution in [3.05, 3.63) is 54.9 Å². The molecule has 2 atom stereocenters. The zero-order valence-electron chi connectivity index (χ0n) is 16.4. The minimum absolute atomic E-state index is 0.111. The van der Waals surface area contributed by atoms with Crippen LogP contribution in [0.1, 0.15) is 18.9 Å². The van der Waals surface area contributed by atoms with E-state index < -0.39 is 11.8 Å². The van der Waals surface area contributed by atoms with Gasteiger partial charge in [-0.05, 0) is 24.6 Å². The maximum atomic E-state index is 13.5. The van der Waals surface area contributed by atoms with E-state index in [0.29, 0.717) is 18.9 Å². The molecule has 0 aromatic carbocycles. The molecule has 0 radical (unpaired) electrons. The molecular formula is C21H18F2N8. The van der Waals surface area contributed by atoms with Crippen LogP contribution in [0.3, 0.4) is 0 Å². The number of fused-ring (bicyclic) bond motifs is 1. The summed E-state index contributed by atoms with van der Waals surface area (Å²) in [6.07, 6.45) is 8.02. The second kappa shape index (κ2) is 7.75. The molecule has 1 aliphatic heterocycles. The summed E-state index contributed by atoms with van der Waals surface area (Å²) >= 11 is 0. The summed E-state index contributed by atoms with van der Waals surface area (Å²) in [5, 5.41) is 14.8. The van der Waals surface area contributed by atoms with E-state index >= 15 is 0 Å². The van der Waals surface area contributed by atoms with Gasteiger partial charge in [-0.3, -0.25) is 4.68 Å². The SMILES string of the molecule is N#CC[C@@H]([C@H]1CCN(c2ccc(F)c(F)n2)C1)n1cc(-c2ncnc3[nH]ccc23)cn1. The number of hydrogen-bond acceptors (Lipinski definition) is 6. The highest BCUT2D eigenvalue weighted by atomic mass is 19.2. The lowest BCUT2D eigenvalue weighted by Gasteiger charge is -2.23. The quantitative estimate of drug-likeness (QED) is 0.496. The van der Waals surface area contributed by atoms with Crippen LogP contribution in [0.2, 0.25) is 0 Å². The first-order valence-corrected chi connectivity index (χ1v) is 9.90. The van der Waals surface area contributed by atoms with Crippen molar-refractivity contribution in [3.8, 4) is 17.3 Å². The highest BCUT2D eigenvalue weighted by Gasteiger charge is 2.32. The Hall–Kier alpha value is -3.87. The largest absolute Gasteiger partial charge is 0.356 e. The van der Waals surface area contributed by atoms with E-state index in [1.54, 1.807) is 6.20 Å². The van der Waals surface area contributed by atoms with Gasteiger partial charge in [0.05, 0.1) is 30.4 Å². The molecule has 0 saturated carbocycles. The van der Waals surface area contributed by atoms with Gasteiger partial charge in [0, 0.05) is 42.4 Å². The molecule has 1 fully saturated rings. The van der Waals surface area contributed by atoms with Crippen molar-refractivity contribution < 1.29 is 8.78 Å². The number of aromatic amines is 1. The van der Waals surface area contributed by atoms with Crippen LogP contribution in [-0.2, 0) is 0 Å². The normalized spacial score (nSPS) is 17.2. The average Bonchev–Trinajstić information content (AvgIpc) is 3.53. The van der Waals surface area contributed by atoms with Crippen LogP contribution in [-0.4, -0.2) is 42.8 Å². The third-order valence-corrected chi connectivity index (χ3v) is 5.75. The minimum Gasteiger partial charge on any atom is -0.356 e. The fourth-order valence-corrected chi connectivity index (χ4v) is 4.21. The maximum Gasteiger partial charge on any atom is 0.250 e. The molecule has 1 saturated heterocycles. The Morgan fingerprint density at radius 3 is 3.00 bits per heavy atom. The zero-order chi connectivity index (χ0) is 21.4. The number of nitriles is 1. The number of nitrogens with zero attached hydrogens (tertiary/aromatic N) is 7. The van der Waals surface area contributed by atoms with Gasteiger partial charge in [-0.2, -0.15) is 19.7 Å². The first kappa shape index (κ1) is 19.1. The van der Waals surface area contributed by atoms with Gasteiger partial charge in [-0.15, -0.1) is 0 Å². The van der Waals surface area contributed by atoms with E-state index in [1.165, 1.54) is 12.4 Å². The van der Waals surface area contributed by atoms with Crippen molar-refractivity contribution in [2.45, 2.75) is 18.9 Å². The Labute approximate surface area is 176 Å². The lowest BCUT2D eigenvalue weighted by molar-refractivity contribution is 0.332. The fourth-order valence-electron chi connectivity index (χ4n) is 4.21. The standard InChI is InChI=1S/C21H18F2N8/c22-16-1-2-18(29-20(16)23)30-8-5-13(10-30)17(3-6-24)31-11-14(9-28-31)19-15-4-7-25-21(15)27-12-26-19/h1-2,4,7,9,11-13,17H,3,5,8,10H2,(H,25,26,27)/t13-,17-/m0/s1. The van der Waals surface area contributed by atoms with Crippen molar-refractivity contribution in [3.63, 3.8) is 0 Å². The van der Waals surface area contributed by atoms with E-state index in [0.717, 1.165) is 34.8 Å². The van der Waals surface area contributed by atoms with E-state index in [4.69, 9.17) is 0 Å². The number of pyridine rings is 1. The average molecular weight is 420 g/mol. The molecular weight excluding hydrogens is 402 g/mol. The highest BCUT2D eigenvalue weighted by molar-refractivity contribution is 5.89. The Morgan fingerprint density at radius 1 is 1.26 bits per heavy atom. The molecule has 0 bridgehead atoms. The Balaban J connectivity index is 1.40. The molecule has 10 heteroatoms. The Kier molecular flexibility index (Phi) is 4.78. The summed E-state index contributed by atoms with van der Waals surface area (Å²) in [5.41, 5.74) is 2.36. The van der Waals surface area contributed by atoms with Crippen LogP contribution < -0.4 is 4.90 Å². The van der Waals surface area contributed by atoms with Crippen LogP contribution in [0.15, 0.2) is 43.1 Å². The Bertz CT molecular complexity index is 1270. The number of rotatable bonds is 5. The molecule has 8 nitrogen and oxygen atoms in total. The Morgan fingerprint density at radius 2 is 2.16 bits per heavy atom. The predicted molar refractivity (Wildman–Crippen MR) is 109 cm³/mol. The van der Waals surface area contributed by atoms with Crippen molar-refractivity contribution in [1.82, 2.24) is 29.7 Å². The van der Waals surface area contributed by atoms with Crippen molar-refractivity contribution in [1.29, 1.82) is 5.26 Å². The summed E-state index contributed by atoms with van der Waals surface area (Å²) in [7, 11) is 0. The molecule has 31 heavy (non-hydrogen) atoms. The lowest BCUT2D eigenvalue weighted by Crippen LogP contribution is -2.25. The van der Waals surface area contributed by atoms with Gasteiger partial charge < -0.3 is 9.88 Å². The third kappa shape index (κ3) is 3.48. The van der Waals surface area contributed by atoms with Crippen LogP contribution in [0.25, 0.3) is 22.3 Å². The van der Waals surface area contributed by atoms with Gasteiger partial charge in [0.2, 0.25) is 0 Å². The molecule has 0 unspecified atom stereocenters. The second-order valence-electron chi connectivity index (χ2n) is 7.54. The van der Waals surface area contributed by atoms with E-state index in [9.17, 15) is 14.0 Å². The highest BCUT2D eigenvalue weighted by Crippen LogP contribution is 2.33. The second-order valence-corrected chi connectivity index (χ2v) is 7.54. The number of halogens is 2. The van der Waals surface area contributed by atoms with Gasteiger partial charge in [0.25, 0.3) is 5.95 Å².